The van der Waals surface area contributed by atoms with Crippen LogP contribution in [0.15, 0.2) is 17.0 Å². The van der Waals surface area contributed by atoms with Gasteiger partial charge in [0.1, 0.15) is 0 Å². The van der Waals surface area contributed by atoms with E-state index in [2.05, 4.69) is 0 Å². The highest BCUT2D eigenvalue weighted by molar-refractivity contribution is 7.89. The van der Waals surface area contributed by atoms with Crippen LogP contribution in [0.5, 0.6) is 0 Å². The predicted molar refractivity (Wildman–Crippen MR) is 81.6 cm³/mol. The van der Waals surface area contributed by atoms with Crippen LogP contribution in [0.3, 0.4) is 0 Å². The van der Waals surface area contributed by atoms with Crippen molar-refractivity contribution in [2.24, 2.45) is 0 Å². The second-order valence-corrected chi connectivity index (χ2v) is 7.37. The lowest BCUT2D eigenvalue weighted by atomic mass is 10.2. The number of nitrogens with zero attached hydrogens (tertiary/aromatic N) is 2. The van der Waals surface area contributed by atoms with E-state index < -0.39 is 10.0 Å². The van der Waals surface area contributed by atoms with Crippen molar-refractivity contribution in [3.05, 3.63) is 22.7 Å². The zero-order valence-corrected chi connectivity index (χ0v) is 13.5. The summed E-state index contributed by atoms with van der Waals surface area (Å²) in [5.41, 5.74) is 6.80. The van der Waals surface area contributed by atoms with Crippen LogP contribution in [0.1, 0.15) is 12.5 Å². The van der Waals surface area contributed by atoms with Gasteiger partial charge in [0.2, 0.25) is 15.9 Å². The van der Waals surface area contributed by atoms with Crippen LogP contribution in [-0.4, -0.2) is 49.7 Å². The van der Waals surface area contributed by atoms with Crippen LogP contribution in [0.25, 0.3) is 0 Å². The van der Waals surface area contributed by atoms with Crippen molar-refractivity contribution >= 4 is 33.2 Å². The van der Waals surface area contributed by atoms with Crippen LogP contribution in [0.2, 0.25) is 5.02 Å². The van der Waals surface area contributed by atoms with Gasteiger partial charge in [-0.05, 0) is 24.6 Å². The minimum atomic E-state index is -3.64. The standard InChI is InChI=1S/C13H18ClN3O3S/c1-9-12(14)7-11(8-13(9)15)21(19,20)17-5-3-16(4-6-17)10(2)18/h7-8H,3-6,15H2,1-2H3. The topological polar surface area (TPSA) is 83.7 Å². The van der Waals surface area contributed by atoms with Crippen LogP contribution < -0.4 is 5.73 Å². The van der Waals surface area contributed by atoms with Gasteiger partial charge in [-0.15, -0.1) is 0 Å². The van der Waals surface area contributed by atoms with Gasteiger partial charge in [-0.1, -0.05) is 11.6 Å². The number of nitrogen functional groups attached to an aromatic ring is 1. The van der Waals surface area contributed by atoms with Gasteiger partial charge < -0.3 is 10.6 Å². The molecule has 1 heterocycles. The lowest BCUT2D eigenvalue weighted by Gasteiger charge is -2.33. The summed E-state index contributed by atoms with van der Waals surface area (Å²) in [5, 5.41) is 0.330. The number of amides is 1. The third kappa shape index (κ3) is 3.14. The molecule has 1 saturated heterocycles. The number of carbonyl (C=O) groups is 1. The normalized spacial score (nSPS) is 17.0. The minimum Gasteiger partial charge on any atom is -0.398 e. The first-order valence-electron chi connectivity index (χ1n) is 6.55. The predicted octanol–water partition coefficient (Wildman–Crippen LogP) is 1.08. The van der Waals surface area contributed by atoms with Crippen molar-refractivity contribution in [1.82, 2.24) is 9.21 Å². The number of anilines is 1. The van der Waals surface area contributed by atoms with Crippen LogP contribution in [0, 0.1) is 6.92 Å². The van der Waals surface area contributed by atoms with Gasteiger partial charge in [0.15, 0.2) is 0 Å². The number of nitrogens with two attached hydrogens (primary N) is 1. The molecule has 0 spiro atoms. The number of hydrogen-bond donors (Lipinski definition) is 1. The number of sulfonamides is 1. The van der Waals surface area contributed by atoms with E-state index in [1.54, 1.807) is 11.8 Å². The van der Waals surface area contributed by atoms with Crippen molar-refractivity contribution in [2.45, 2.75) is 18.7 Å². The largest absolute Gasteiger partial charge is 0.398 e. The van der Waals surface area contributed by atoms with E-state index in [9.17, 15) is 13.2 Å². The average Bonchev–Trinajstić information content (AvgIpc) is 2.44. The molecular formula is C13H18ClN3O3S. The van der Waals surface area contributed by atoms with Crippen molar-refractivity contribution in [1.29, 1.82) is 0 Å². The third-order valence-electron chi connectivity index (χ3n) is 3.68. The summed E-state index contributed by atoms with van der Waals surface area (Å²) in [6, 6.07) is 2.84. The maximum Gasteiger partial charge on any atom is 0.243 e. The van der Waals surface area contributed by atoms with Gasteiger partial charge in [-0.3, -0.25) is 4.79 Å². The smallest absolute Gasteiger partial charge is 0.243 e. The lowest BCUT2D eigenvalue weighted by molar-refractivity contribution is -0.129. The van der Waals surface area contributed by atoms with Gasteiger partial charge in [0.05, 0.1) is 4.90 Å². The highest BCUT2D eigenvalue weighted by Crippen LogP contribution is 2.28. The molecule has 1 aliphatic heterocycles. The molecule has 1 fully saturated rings. The second kappa shape index (κ2) is 5.82. The van der Waals surface area contributed by atoms with Crippen LogP contribution in [0.4, 0.5) is 5.69 Å². The lowest BCUT2D eigenvalue weighted by Crippen LogP contribution is -2.49. The summed E-state index contributed by atoms with van der Waals surface area (Å²) in [6.07, 6.45) is 0. The first-order chi connectivity index (χ1) is 9.73. The molecule has 1 aromatic rings. The molecule has 6 nitrogen and oxygen atoms in total. The Labute approximate surface area is 129 Å². The third-order valence-corrected chi connectivity index (χ3v) is 5.95. The number of carbonyl (C=O) groups excluding carboxylic acids is 1. The molecule has 2 N–H and O–H groups in total. The Morgan fingerprint density at radius 2 is 1.81 bits per heavy atom. The van der Waals surface area contributed by atoms with Gasteiger partial charge in [0.25, 0.3) is 0 Å². The molecule has 0 aromatic heterocycles. The molecule has 1 aliphatic rings. The molecule has 1 aromatic carbocycles. The van der Waals surface area contributed by atoms with Crippen molar-refractivity contribution < 1.29 is 13.2 Å². The monoisotopic (exact) mass is 331 g/mol. The SMILES string of the molecule is CC(=O)N1CCN(S(=O)(=O)c2cc(N)c(C)c(Cl)c2)CC1. The van der Waals surface area contributed by atoms with E-state index in [1.807, 2.05) is 0 Å². The Morgan fingerprint density at radius 3 is 2.29 bits per heavy atom. The summed E-state index contributed by atoms with van der Waals surface area (Å²) >= 11 is 6.01. The molecule has 0 saturated carbocycles. The minimum absolute atomic E-state index is 0.0466. The second-order valence-electron chi connectivity index (χ2n) is 5.03. The molecule has 0 bridgehead atoms. The molecule has 0 atom stereocenters. The van der Waals surface area contributed by atoms with Crippen molar-refractivity contribution in [3.63, 3.8) is 0 Å². The quantitative estimate of drug-likeness (QED) is 0.822. The Morgan fingerprint density at radius 1 is 1.24 bits per heavy atom. The zero-order valence-electron chi connectivity index (χ0n) is 12.0. The molecule has 8 heteroatoms. The summed E-state index contributed by atoms with van der Waals surface area (Å²) in [4.78, 5) is 13.0. The number of piperazine rings is 1. The summed E-state index contributed by atoms with van der Waals surface area (Å²) in [7, 11) is -3.64. The number of hydrogen-bond acceptors (Lipinski definition) is 4. The Bertz CT molecular complexity index is 644. The van der Waals surface area contributed by atoms with Gasteiger partial charge >= 0.3 is 0 Å². The molecule has 1 amide bonds. The van der Waals surface area contributed by atoms with E-state index in [0.717, 1.165) is 0 Å². The fourth-order valence-corrected chi connectivity index (χ4v) is 3.99. The van der Waals surface area contributed by atoms with Crippen LogP contribution in [-0.2, 0) is 14.8 Å². The number of halogens is 1. The Kier molecular flexibility index (Phi) is 4.46. The first-order valence-corrected chi connectivity index (χ1v) is 8.36. The molecule has 2 rings (SSSR count). The van der Waals surface area contributed by atoms with E-state index in [-0.39, 0.29) is 23.9 Å². The maximum absolute atomic E-state index is 12.6. The van der Waals surface area contributed by atoms with Gasteiger partial charge in [0, 0.05) is 43.8 Å². The molecular weight excluding hydrogens is 314 g/mol. The van der Waals surface area contributed by atoms with E-state index >= 15 is 0 Å². The first kappa shape index (κ1) is 16.1. The fourth-order valence-electron chi connectivity index (χ4n) is 2.22. The van der Waals surface area contributed by atoms with E-state index in [0.29, 0.717) is 29.4 Å². The maximum atomic E-state index is 12.6. The van der Waals surface area contributed by atoms with Gasteiger partial charge in [-0.25, -0.2) is 8.42 Å². The Hall–Kier alpha value is -1.31. The molecule has 0 radical (unpaired) electrons. The average molecular weight is 332 g/mol. The molecule has 0 unspecified atom stereocenters. The number of rotatable bonds is 2. The number of benzene rings is 1. The molecule has 0 aliphatic carbocycles. The van der Waals surface area contributed by atoms with Gasteiger partial charge in [-0.2, -0.15) is 4.31 Å². The van der Waals surface area contributed by atoms with Crippen molar-refractivity contribution in [3.8, 4) is 0 Å². The highest BCUT2D eigenvalue weighted by atomic mass is 35.5. The Balaban J connectivity index is 2.26. The van der Waals surface area contributed by atoms with E-state index in [1.165, 1.54) is 23.4 Å². The summed E-state index contributed by atoms with van der Waals surface area (Å²) < 4.78 is 26.5. The molecule has 21 heavy (non-hydrogen) atoms. The summed E-state index contributed by atoms with van der Waals surface area (Å²) in [6.45, 7) is 4.54. The van der Waals surface area contributed by atoms with Crippen LogP contribution >= 0.6 is 11.6 Å². The van der Waals surface area contributed by atoms with Crippen molar-refractivity contribution in [2.75, 3.05) is 31.9 Å². The highest BCUT2D eigenvalue weighted by Gasteiger charge is 2.29. The summed E-state index contributed by atoms with van der Waals surface area (Å²) in [5.74, 6) is -0.0466. The zero-order chi connectivity index (χ0) is 15.8. The van der Waals surface area contributed by atoms with E-state index in [4.69, 9.17) is 17.3 Å². The molecule has 116 valence electrons. The fraction of sp³-hybridized carbons (Fsp3) is 0.462.